The molecule has 29 heavy (non-hydrogen) atoms. The van der Waals surface area contributed by atoms with E-state index in [1.54, 1.807) is 13.8 Å². The predicted molar refractivity (Wildman–Crippen MR) is 120 cm³/mol. The number of hydrogen-bond acceptors (Lipinski definition) is 7. The number of hydrogen-bond donors (Lipinski definition) is 3. The molecule has 0 saturated carbocycles. The number of fused-ring (bicyclic) bond motifs is 1. The minimum atomic E-state index is -0.876. The van der Waals surface area contributed by atoms with Gasteiger partial charge in [0.15, 0.2) is 17.0 Å². The van der Waals surface area contributed by atoms with E-state index in [4.69, 9.17) is 5.73 Å². The average molecular weight is 406 g/mol. The van der Waals surface area contributed by atoms with Crippen molar-refractivity contribution in [2.45, 2.75) is 84.9 Å². The highest BCUT2D eigenvalue weighted by Gasteiger charge is 2.22. The molecule has 2 aromatic rings. The van der Waals surface area contributed by atoms with Gasteiger partial charge in [-0.2, -0.15) is 9.97 Å². The normalized spacial score (nSPS) is 12.9. The van der Waals surface area contributed by atoms with Crippen LogP contribution >= 0.6 is 0 Å². The van der Waals surface area contributed by atoms with Crippen molar-refractivity contribution in [1.82, 2.24) is 24.4 Å². The standard InChI is InChI=1S/C21H39N7O/c1-8-9-11-15-24-16-17(22)25-19(23-12-10-13-27(7)20(2,3)4)26-18(16)28(15)14-21(5,6)29/h29H,8-14H2,1-7H3,(H3,22,23,25,26). The van der Waals surface area contributed by atoms with Gasteiger partial charge in [-0.1, -0.05) is 13.3 Å². The van der Waals surface area contributed by atoms with Crippen molar-refractivity contribution in [3.05, 3.63) is 5.82 Å². The summed E-state index contributed by atoms with van der Waals surface area (Å²) in [7, 11) is 2.13. The van der Waals surface area contributed by atoms with Crippen LogP contribution in [0, 0.1) is 0 Å². The number of aromatic nitrogens is 4. The number of aliphatic hydroxyl groups is 1. The van der Waals surface area contributed by atoms with Crippen molar-refractivity contribution in [3.8, 4) is 0 Å². The first kappa shape index (κ1) is 23.3. The Kier molecular flexibility index (Phi) is 7.45. The summed E-state index contributed by atoms with van der Waals surface area (Å²) in [6.45, 7) is 14.5. The van der Waals surface area contributed by atoms with E-state index in [-0.39, 0.29) is 5.54 Å². The first-order chi connectivity index (χ1) is 13.4. The second-order valence-corrected chi connectivity index (χ2v) is 9.51. The van der Waals surface area contributed by atoms with Crippen LogP contribution in [0.3, 0.4) is 0 Å². The lowest BCUT2D eigenvalue weighted by Gasteiger charge is -2.31. The third-order valence-corrected chi connectivity index (χ3v) is 5.10. The van der Waals surface area contributed by atoms with E-state index in [0.29, 0.717) is 29.5 Å². The van der Waals surface area contributed by atoms with Crippen LogP contribution in [0.4, 0.5) is 11.8 Å². The molecule has 0 aliphatic carbocycles. The third kappa shape index (κ3) is 6.54. The zero-order chi connectivity index (χ0) is 21.8. The highest BCUT2D eigenvalue weighted by molar-refractivity contribution is 5.83. The average Bonchev–Trinajstić information content (AvgIpc) is 2.92. The molecular formula is C21H39N7O. The fourth-order valence-corrected chi connectivity index (χ4v) is 3.08. The summed E-state index contributed by atoms with van der Waals surface area (Å²) in [5, 5.41) is 13.7. The van der Waals surface area contributed by atoms with E-state index in [1.165, 1.54) is 0 Å². The number of anilines is 2. The molecule has 0 atom stereocenters. The first-order valence-electron chi connectivity index (χ1n) is 10.6. The van der Waals surface area contributed by atoms with Gasteiger partial charge in [0.05, 0.1) is 12.1 Å². The van der Waals surface area contributed by atoms with E-state index >= 15 is 0 Å². The van der Waals surface area contributed by atoms with E-state index < -0.39 is 5.60 Å². The lowest BCUT2D eigenvalue weighted by atomic mass is 10.1. The van der Waals surface area contributed by atoms with Crippen molar-refractivity contribution < 1.29 is 5.11 Å². The Labute approximate surface area is 174 Å². The van der Waals surface area contributed by atoms with Crippen molar-refractivity contribution in [2.75, 3.05) is 31.2 Å². The maximum atomic E-state index is 10.4. The molecule has 0 radical (unpaired) electrons. The van der Waals surface area contributed by atoms with Crippen LogP contribution in [0.5, 0.6) is 0 Å². The maximum Gasteiger partial charge on any atom is 0.226 e. The summed E-state index contributed by atoms with van der Waals surface area (Å²) in [4.78, 5) is 16.1. The molecule has 0 aromatic carbocycles. The Balaban J connectivity index is 2.22. The van der Waals surface area contributed by atoms with Crippen molar-refractivity contribution in [2.24, 2.45) is 0 Å². The topological polar surface area (TPSA) is 105 Å². The molecule has 0 aliphatic heterocycles. The molecule has 0 bridgehead atoms. The van der Waals surface area contributed by atoms with E-state index in [0.717, 1.165) is 44.6 Å². The summed E-state index contributed by atoms with van der Waals surface area (Å²) in [6, 6.07) is 0. The van der Waals surface area contributed by atoms with Gasteiger partial charge in [-0.05, 0) is 54.5 Å². The summed E-state index contributed by atoms with van der Waals surface area (Å²) in [5.74, 6) is 1.78. The molecule has 8 nitrogen and oxygen atoms in total. The van der Waals surface area contributed by atoms with Gasteiger partial charge in [0, 0.05) is 25.0 Å². The summed E-state index contributed by atoms with van der Waals surface area (Å²) in [5.41, 5.74) is 6.77. The summed E-state index contributed by atoms with van der Waals surface area (Å²) >= 11 is 0. The molecule has 8 heteroatoms. The van der Waals surface area contributed by atoms with Crippen LogP contribution in [0.1, 0.15) is 66.6 Å². The minimum absolute atomic E-state index is 0.151. The van der Waals surface area contributed by atoms with E-state index in [1.807, 2.05) is 4.57 Å². The highest BCUT2D eigenvalue weighted by Crippen LogP contribution is 2.24. The zero-order valence-corrected chi connectivity index (χ0v) is 19.2. The van der Waals surface area contributed by atoms with Gasteiger partial charge in [-0.15, -0.1) is 0 Å². The summed E-state index contributed by atoms with van der Waals surface area (Å²) in [6.07, 6.45) is 3.89. The second kappa shape index (κ2) is 9.26. The lowest BCUT2D eigenvalue weighted by Crippen LogP contribution is -2.39. The molecule has 0 aliphatic rings. The molecular weight excluding hydrogens is 366 g/mol. The quantitative estimate of drug-likeness (QED) is 0.522. The van der Waals surface area contributed by atoms with Gasteiger partial charge < -0.3 is 25.6 Å². The number of nitrogens with two attached hydrogens (primary N) is 1. The van der Waals surface area contributed by atoms with Crippen LogP contribution in [-0.4, -0.2) is 60.8 Å². The molecule has 2 rings (SSSR count). The third-order valence-electron chi connectivity index (χ3n) is 5.10. The number of aryl methyl sites for hydroxylation is 1. The number of imidazole rings is 1. The Morgan fingerprint density at radius 3 is 2.38 bits per heavy atom. The predicted octanol–water partition coefficient (Wildman–Crippen LogP) is 3.05. The van der Waals surface area contributed by atoms with Gasteiger partial charge in [-0.25, -0.2) is 4.98 Å². The maximum absolute atomic E-state index is 10.4. The second-order valence-electron chi connectivity index (χ2n) is 9.51. The fourth-order valence-electron chi connectivity index (χ4n) is 3.08. The van der Waals surface area contributed by atoms with Crippen LogP contribution in [0.25, 0.3) is 11.2 Å². The van der Waals surface area contributed by atoms with Gasteiger partial charge in [-0.3, -0.25) is 0 Å². The minimum Gasteiger partial charge on any atom is -0.389 e. The molecule has 0 fully saturated rings. The van der Waals surface area contributed by atoms with E-state index in [2.05, 4.69) is 59.9 Å². The Hall–Kier alpha value is -1.93. The highest BCUT2D eigenvalue weighted by atomic mass is 16.3. The Morgan fingerprint density at radius 2 is 1.79 bits per heavy atom. The number of nitrogens with one attached hydrogen (secondary N) is 1. The van der Waals surface area contributed by atoms with Crippen LogP contribution in [0.2, 0.25) is 0 Å². The number of unbranched alkanes of at least 4 members (excludes halogenated alkanes) is 1. The molecule has 4 N–H and O–H groups in total. The monoisotopic (exact) mass is 405 g/mol. The zero-order valence-electron chi connectivity index (χ0n) is 19.2. The van der Waals surface area contributed by atoms with Gasteiger partial charge >= 0.3 is 0 Å². The largest absolute Gasteiger partial charge is 0.389 e. The van der Waals surface area contributed by atoms with Gasteiger partial charge in [0.2, 0.25) is 5.95 Å². The lowest BCUT2D eigenvalue weighted by molar-refractivity contribution is 0.0616. The number of nitrogens with zero attached hydrogens (tertiary/aromatic N) is 5. The molecule has 0 amide bonds. The molecule has 2 heterocycles. The number of nitrogen functional groups attached to an aromatic ring is 1. The van der Waals surface area contributed by atoms with Crippen molar-refractivity contribution in [3.63, 3.8) is 0 Å². The van der Waals surface area contributed by atoms with Crippen LogP contribution in [0.15, 0.2) is 0 Å². The van der Waals surface area contributed by atoms with Crippen molar-refractivity contribution in [1.29, 1.82) is 0 Å². The van der Waals surface area contributed by atoms with Gasteiger partial charge in [0.1, 0.15) is 5.82 Å². The molecule has 2 aromatic heterocycles. The van der Waals surface area contributed by atoms with Crippen LogP contribution < -0.4 is 11.1 Å². The Morgan fingerprint density at radius 1 is 1.10 bits per heavy atom. The molecule has 0 spiro atoms. The SMILES string of the molecule is CCCCc1nc2c(N)nc(NCCCN(C)C(C)(C)C)nc2n1CC(C)(C)O. The van der Waals surface area contributed by atoms with E-state index in [9.17, 15) is 5.11 Å². The smallest absolute Gasteiger partial charge is 0.226 e. The fraction of sp³-hybridized carbons (Fsp3) is 0.762. The molecule has 164 valence electrons. The molecule has 0 unspecified atom stereocenters. The summed E-state index contributed by atoms with van der Waals surface area (Å²) < 4.78 is 1.99. The first-order valence-corrected chi connectivity index (χ1v) is 10.6. The molecule has 0 saturated heterocycles. The Bertz CT molecular complexity index is 802. The number of rotatable bonds is 10. The van der Waals surface area contributed by atoms with Gasteiger partial charge in [0.25, 0.3) is 0 Å². The van der Waals surface area contributed by atoms with Crippen molar-refractivity contribution >= 4 is 22.9 Å². The van der Waals surface area contributed by atoms with Crippen LogP contribution in [-0.2, 0) is 13.0 Å².